The predicted molar refractivity (Wildman–Crippen MR) is 337 cm³/mol. The molecule has 3 rings (SSSR count). The Bertz CT molecular complexity index is 1820. The zero-order valence-electron chi connectivity index (χ0n) is 53.2. The first-order valence-corrected chi connectivity index (χ1v) is 34.0. The predicted octanol–water partition coefficient (Wildman–Crippen LogP) is 8.38. The molecule has 19 nitrogen and oxygen atoms in total. The van der Waals surface area contributed by atoms with E-state index >= 15 is 0 Å². The summed E-state index contributed by atoms with van der Waals surface area (Å²) < 4.78 is 34.3. The Balaban J connectivity index is 1.44. The van der Waals surface area contributed by atoms with Gasteiger partial charge in [-0.1, -0.05) is 229 Å². The van der Waals surface area contributed by atoms with Gasteiger partial charge in [-0.3, -0.25) is 4.79 Å². The standard InChI is InChI=1S/C68H121NO18/c1-3-5-7-9-11-13-15-17-19-20-21-22-23-24-25-26-27-28-29-30-32-33-35-37-39-41-43-45-52(73)51(69-56(74)46-44-42-40-38-36-34-31-18-16-14-12-10-8-6-4-2)50-82-66-62(80)59(77)64(54(48-71)84-66)87-68-63(81)60(78)65(55(49-72)85-68)86-67-61(79)58(76)57(75)53(47-70)83-67/h6,8,12,14,18,31,36,38,43,45,51-55,57-68,70-73,75-81H,3-5,7,9-11,13,15-17,19-30,32-35,37,39-42,44,46-50H2,1-2H3,(H,69,74)/b8-6-,14-12-,31-18-,38-36-,45-43+. The van der Waals surface area contributed by atoms with Gasteiger partial charge in [0.2, 0.25) is 5.91 Å². The minimum Gasteiger partial charge on any atom is -0.394 e. The second-order valence-corrected chi connectivity index (χ2v) is 24.3. The minimum absolute atomic E-state index is 0.189. The molecule has 0 radical (unpaired) electrons. The van der Waals surface area contributed by atoms with E-state index in [0.29, 0.717) is 6.42 Å². The summed E-state index contributed by atoms with van der Waals surface area (Å²) in [6, 6.07) is -0.998. The van der Waals surface area contributed by atoms with Gasteiger partial charge in [-0.25, -0.2) is 0 Å². The van der Waals surface area contributed by atoms with Gasteiger partial charge in [-0.2, -0.15) is 0 Å². The molecule has 19 heteroatoms. The molecule has 0 bridgehead atoms. The molecule has 0 spiro atoms. The molecule has 0 aromatic heterocycles. The molecule has 0 saturated carbocycles. The van der Waals surface area contributed by atoms with Gasteiger partial charge in [0.05, 0.1) is 38.6 Å². The number of rotatable bonds is 51. The summed E-state index contributed by atoms with van der Waals surface area (Å²) in [6.45, 7) is 1.59. The van der Waals surface area contributed by atoms with Crippen LogP contribution in [0.5, 0.6) is 0 Å². The quantitative estimate of drug-likeness (QED) is 0.0201. The number of allylic oxidation sites excluding steroid dienone is 9. The number of hydrogen-bond donors (Lipinski definition) is 12. The molecule has 3 aliphatic heterocycles. The summed E-state index contributed by atoms with van der Waals surface area (Å²) in [7, 11) is 0. The van der Waals surface area contributed by atoms with Gasteiger partial charge in [0.25, 0.3) is 0 Å². The molecule has 17 unspecified atom stereocenters. The molecule has 3 saturated heterocycles. The molecule has 3 heterocycles. The van der Waals surface area contributed by atoms with E-state index in [-0.39, 0.29) is 18.9 Å². The van der Waals surface area contributed by atoms with Gasteiger partial charge in [0.15, 0.2) is 18.9 Å². The molecule has 1 amide bonds. The fraction of sp³-hybridized carbons (Fsp3) is 0.838. The summed E-state index contributed by atoms with van der Waals surface area (Å²) in [5.74, 6) is -0.316. The Morgan fingerprint density at radius 1 is 0.425 bits per heavy atom. The monoisotopic (exact) mass is 1240 g/mol. The van der Waals surface area contributed by atoms with Gasteiger partial charge in [0.1, 0.15) is 73.2 Å². The van der Waals surface area contributed by atoms with Crippen molar-refractivity contribution < 1.29 is 89.4 Å². The van der Waals surface area contributed by atoms with E-state index in [1.54, 1.807) is 6.08 Å². The van der Waals surface area contributed by atoms with Crippen molar-refractivity contribution >= 4 is 5.91 Å². The number of unbranched alkanes of at least 4 members (excludes halogenated alkanes) is 27. The topological polar surface area (TPSA) is 307 Å². The van der Waals surface area contributed by atoms with E-state index in [0.717, 1.165) is 64.2 Å². The highest BCUT2D eigenvalue weighted by molar-refractivity contribution is 5.76. The fourth-order valence-corrected chi connectivity index (χ4v) is 11.3. The highest BCUT2D eigenvalue weighted by Crippen LogP contribution is 2.33. The average molecular weight is 1240 g/mol. The number of carbonyl (C=O) groups is 1. The van der Waals surface area contributed by atoms with Crippen molar-refractivity contribution in [3.8, 4) is 0 Å². The van der Waals surface area contributed by atoms with Crippen molar-refractivity contribution in [1.82, 2.24) is 5.32 Å². The number of ether oxygens (including phenoxy) is 6. The minimum atomic E-state index is -1.98. The van der Waals surface area contributed by atoms with Crippen LogP contribution in [0.1, 0.15) is 232 Å². The molecule has 0 aliphatic carbocycles. The number of aliphatic hydroxyl groups is 11. The Labute approximate surface area is 522 Å². The second kappa shape index (κ2) is 50.1. The molecule has 0 aromatic rings. The maximum Gasteiger partial charge on any atom is 0.220 e. The van der Waals surface area contributed by atoms with E-state index in [1.807, 2.05) is 6.08 Å². The Morgan fingerprint density at radius 3 is 1.24 bits per heavy atom. The van der Waals surface area contributed by atoms with Gasteiger partial charge in [-0.15, -0.1) is 0 Å². The van der Waals surface area contributed by atoms with Crippen molar-refractivity contribution in [2.24, 2.45) is 0 Å². The summed E-state index contributed by atoms with van der Waals surface area (Å²) in [5, 5.41) is 120. The zero-order valence-corrected chi connectivity index (χ0v) is 53.2. The van der Waals surface area contributed by atoms with Crippen LogP contribution in [0.25, 0.3) is 0 Å². The largest absolute Gasteiger partial charge is 0.394 e. The van der Waals surface area contributed by atoms with E-state index in [1.165, 1.54) is 141 Å². The Hall–Kier alpha value is -2.51. The van der Waals surface area contributed by atoms with Crippen molar-refractivity contribution in [2.75, 3.05) is 26.4 Å². The lowest BCUT2D eigenvalue weighted by Crippen LogP contribution is -2.66. The molecular weight excluding hydrogens is 1120 g/mol. The molecule has 506 valence electrons. The van der Waals surface area contributed by atoms with Crippen molar-refractivity contribution in [2.45, 2.75) is 336 Å². The summed E-state index contributed by atoms with van der Waals surface area (Å²) in [6.07, 6.45) is 33.6. The summed E-state index contributed by atoms with van der Waals surface area (Å²) >= 11 is 0. The van der Waals surface area contributed by atoms with Crippen LogP contribution >= 0.6 is 0 Å². The lowest BCUT2D eigenvalue weighted by atomic mass is 9.96. The number of hydrogen-bond acceptors (Lipinski definition) is 18. The normalized spacial score (nSPS) is 29.0. The van der Waals surface area contributed by atoms with E-state index in [9.17, 15) is 61.0 Å². The van der Waals surface area contributed by atoms with Crippen LogP contribution in [-0.2, 0) is 33.2 Å². The van der Waals surface area contributed by atoms with Gasteiger partial charge in [-0.05, 0) is 57.8 Å². The first-order chi connectivity index (χ1) is 42.3. The van der Waals surface area contributed by atoms with Crippen LogP contribution in [0, 0.1) is 0 Å². The first-order valence-electron chi connectivity index (χ1n) is 34.0. The Kier molecular flexibility index (Phi) is 45.3. The zero-order chi connectivity index (χ0) is 63.3. The third-order valence-electron chi connectivity index (χ3n) is 16.8. The first kappa shape index (κ1) is 78.7. The lowest BCUT2D eigenvalue weighted by Gasteiger charge is -2.48. The Morgan fingerprint density at radius 2 is 0.793 bits per heavy atom. The highest BCUT2D eigenvalue weighted by atomic mass is 16.8. The molecule has 3 fully saturated rings. The molecule has 12 N–H and O–H groups in total. The van der Waals surface area contributed by atoms with Crippen molar-refractivity contribution in [3.05, 3.63) is 60.8 Å². The van der Waals surface area contributed by atoms with Crippen LogP contribution in [-0.4, -0.2) is 193 Å². The maximum absolute atomic E-state index is 13.3. The van der Waals surface area contributed by atoms with Gasteiger partial charge >= 0.3 is 0 Å². The summed E-state index contributed by atoms with van der Waals surface area (Å²) in [5.41, 5.74) is 0. The SMILES string of the molecule is CC/C=C\C/C=C\C/C=C\C/C=C\CCCCC(=O)NC(COC1OC(CO)C(OC2OC(CO)C(OC3OC(CO)C(O)C(O)C3O)C(O)C2O)C(O)C1O)C(O)/C=C/CCCCCCCCCCCCCCCCCCCCCCCCCCC. The van der Waals surface area contributed by atoms with Crippen molar-refractivity contribution in [1.29, 1.82) is 0 Å². The number of nitrogens with one attached hydrogen (secondary N) is 1. The van der Waals surface area contributed by atoms with Crippen LogP contribution in [0.2, 0.25) is 0 Å². The molecule has 17 atom stereocenters. The molecule has 3 aliphatic rings. The van der Waals surface area contributed by atoms with E-state index in [2.05, 4.69) is 67.8 Å². The van der Waals surface area contributed by atoms with Crippen LogP contribution < -0.4 is 5.32 Å². The maximum atomic E-state index is 13.3. The average Bonchev–Trinajstić information content (AvgIpc) is 2.90. The third-order valence-corrected chi connectivity index (χ3v) is 16.8. The second-order valence-electron chi connectivity index (χ2n) is 24.3. The molecular formula is C68H121NO18. The van der Waals surface area contributed by atoms with Gasteiger partial charge in [0, 0.05) is 6.42 Å². The number of amides is 1. The highest BCUT2D eigenvalue weighted by Gasteiger charge is 2.53. The molecule has 87 heavy (non-hydrogen) atoms. The van der Waals surface area contributed by atoms with Crippen molar-refractivity contribution in [3.63, 3.8) is 0 Å². The van der Waals surface area contributed by atoms with Crippen LogP contribution in [0.3, 0.4) is 0 Å². The lowest BCUT2D eigenvalue weighted by molar-refractivity contribution is -0.379. The van der Waals surface area contributed by atoms with Crippen LogP contribution in [0.4, 0.5) is 0 Å². The number of aliphatic hydroxyl groups excluding tert-OH is 11. The smallest absolute Gasteiger partial charge is 0.220 e. The molecule has 0 aromatic carbocycles. The summed E-state index contributed by atoms with van der Waals surface area (Å²) in [4.78, 5) is 13.3. The van der Waals surface area contributed by atoms with Gasteiger partial charge < -0.3 is 89.9 Å². The third kappa shape index (κ3) is 32.6. The van der Waals surface area contributed by atoms with Crippen LogP contribution in [0.15, 0.2) is 60.8 Å². The van der Waals surface area contributed by atoms with E-state index in [4.69, 9.17) is 28.4 Å². The van der Waals surface area contributed by atoms with E-state index < -0.39 is 124 Å². The number of carbonyl (C=O) groups excluding carboxylic acids is 1. The fourth-order valence-electron chi connectivity index (χ4n) is 11.3.